The highest BCUT2D eigenvalue weighted by molar-refractivity contribution is 5.21. The predicted octanol–water partition coefficient (Wildman–Crippen LogP) is 2.21. The number of likely N-dealkylation sites (tertiary alicyclic amines) is 1. The Morgan fingerprint density at radius 3 is 3.00 bits per heavy atom. The van der Waals surface area contributed by atoms with Crippen LogP contribution in [-0.4, -0.2) is 40.1 Å². The van der Waals surface area contributed by atoms with Crippen molar-refractivity contribution in [3.63, 3.8) is 0 Å². The molecule has 0 amide bonds. The maximum atomic E-state index is 4.97. The average molecular weight is 290 g/mol. The van der Waals surface area contributed by atoms with E-state index in [2.05, 4.69) is 35.6 Å². The number of hydrogen-bond acceptors (Lipinski definition) is 3. The second-order valence-corrected chi connectivity index (χ2v) is 6.98. The van der Waals surface area contributed by atoms with Crippen molar-refractivity contribution in [2.45, 2.75) is 65.6 Å². The van der Waals surface area contributed by atoms with E-state index in [1.165, 1.54) is 43.1 Å². The quantitative estimate of drug-likeness (QED) is 0.902. The maximum Gasteiger partial charge on any atom is 0.109 e. The molecule has 1 N–H and O–H groups in total. The van der Waals surface area contributed by atoms with Crippen LogP contribution < -0.4 is 5.32 Å². The molecule has 0 bridgehead atoms. The van der Waals surface area contributed by atoms with E-state index in [0.717, 1.165) is 32.5 Å². The van der Waals surface area contributed by atoms with Crippen LogP contribution in [0.15, 0.2) is 0 Å². The van der Waals surface area contributed by atoms with Crippen molar-refractivity contribution >= 4 is 0 Å². The summed E-state index contributed by atoms with van der Waals surface area (Å²) in [5.41, 5.74) is 2.81. The zero-order chi connectivity index (χ0) is 14.8. The van der Waals surface area contributed by atoms with E-state index in [1.807, 2.05) is 0 Å². The first kappa shape index (κ1) is 15.0. The molecule has 1 fully saturated rings. The van der Waals surface area contributed by atoms with Crippen LogP contribution in [0.4, 0.5) is 0 Å². The normalized spacial score (nSPS) is 23.0. The predicted molar refractivity (Wildman–Crippen MR) is 86.4 cm³/mol. The van der Waals surface area contributed by atoms with Gasteiger partial charge in [0.2, 0.25) is 0 Å². The van der Waals surface area contributed by atoms with Crippen LogP contribution in [0.5, 0.6) is 0 Å². The van der Waals surface area contributed by atoms with Crippen LogP contribution in [0, 0.1) is 5.92 Å². The van der Waals surface area contributed by atoms with Gasteiger partial charge >= 0.3 is 0 Å². The van der Waals surface area contributed by atoms with Crippen molar-refractivity contribution < 1.29 is 0 Å². The fraction of sp³-hybridized carbons (Fsp3) is 0.824. The lowest BCUT2D eigenvalue weighted by molar-refractivity contribution is 0.240. The van der Waals surface area contributed by atoms with Gasteiger partial charge in [-0.15, -0.1) is 0 Å². The Morgan fingerprint density at radius 2 is 2.24 bits per heavy atom. The Balaban J connectivity index is 1.86. The molecule has 1 aromatic rings. The van der Waals surface area contributed by atoms with Gasteiger partial charge in [-0.2, -0.15) is 0 Å². The fourth-order valence-corrected chi connectivity index (χ4v) is 3.89. The molecule has 3 heterocycles. The third kappa shape index (κ3) is 3.16. The number of hydrogen-bond donors (Lipinski definition) is 1. The molecule has 118 valence electrons. The maximum absolute atomic E-state index is 4.97. The van der Waals surface area contributed by atoms with Gasteiger partial charge in [0.1, 0.15) is 5.82 Å². The van der Waals surface area contributed by atoms with E-state index in [0.29, 0.717) is 12.0 Å². The van der Waals surface area contributed by atoms with Crippen molar-refractivity contribution in [3.05, 3.63) is 17.2 Å². The number of aromatic nitrogens is 2. The van der Waals surface area contributed by atoms with Crippen molar-refractivity contribution in [1.82, 2.24) is 19.8 Å². The van der Waals surface area contributed by atoms with Gasteiger partial charge in [0.05, 0.1) is 5.69 Å². The molecule has 2 aliphatic rings. The third-order valence-corrected chi connectivity index (χ3v) is 4.95. The van der Waals surface area contributed by atoms with Gasteiger partial charge in [-0.05, 0) is 31.8 Å². The minimum atomic E-state index is 0.673. The van der Waals surface area contributed by atoms with Gasteiger partial charge in [-0.3, -0.25) is 4.90 Å². The molecule has 1 aromatic heterocycles. The van der Waals surface area contributed by atoms with Crippen molar-refractivity contribution in [2.75, 3.05) is 19.6 Å². The SMILES string of the molecule is CCN1CCCC1Cn1c(CC(C)C)nc2c1CCNC2. The van der Waals surface area contributed by atoms with Crippen LogP contribution in [0.2, 0.25) is 0 Å². The Kier molecular flexibility index (Phi) is 4.65. The monoisotopic (exact) mass is 290 g/mol. The first-order chi connectivity index (χ1) is 10.2. The zero-order valence-electron chi connectivity index (χ0n) is 13.9. The lowest BCUT2D eigenvalue weighted by Crippen LogP contribution is -2.34. The third-order valence-electron chi connectivity index (χ3n) is 4.95. The minimum absolute atomic E-state index is 0.673. The van der Waals surface area contributed by atoms with Crippen molar-refractivity contribution in [2.24, 2.45) is 5.92 Å². The highest BCUT2D eigenvalue weighted by Crippen LogP contribution is 2.24. The standard InChI is InChI=1S/C17H30N4/c1-4-20-9-5-6-14(20)12-21-16-7-8-18-11-15(16)19-17(21)10-13(2)3/h13-14,18H,4-12H2,1-3H3. The van der Waals surface area contributed by atoms with Crippen LogP contribution in [0.3, 0.4) is 0 Å². The summed E-state index contributed by atoms with van der Waals surface area (Å²) in [6.07, 6.45) is 4.95. The number of nitrogens with zero attached hydrogens (tertiary/aromatic N) is 3. The summed E-state index contributed by atoms with van der Waals surface area (Å²) in [5.74, 6) is 1.99. The molecular formula is C17H30N4. The highest BCUT2D eigenvalue weighted by atomic mass is 15.2. The summed E-state index contributed by atoms with van der Waals surface area (Å²) in [7, 11) is 0. The van der Waals surface area contributed by atoms with Gasteiger partial charge in [0, 0.05) is 44.2 Å². The molecule has 1 unspecified atom stereocenters. The Bertz CT molecular complexity index is 477. The number of nitrogens with one attached hydrogen (secondary N) is 1. The highest BCUT2D eigenvalue weighted by Gasteiger charge is 2.27. The van der Waals surface area contributed by atoms with Crippen LogP contribution in [0.1, 0.15) is 50.8 Å². The Labute approximate surface area is 128 Å². The molecule has 0 radical (unpaired) electrons. The summed E-state index contributed by atoms with van der Waals surface area (Å²) < 4.78 is 2.58. The molecular weight excluding hydrogens is 260 g/mol. The number of imidazole rings is 1. The van der Waals surface area contributed by atoms with E-state index < -0.39 is 0 Å². The molecule has 1 atom stereocenters. The molecule has 2 aliphatic heterocycles. The van der Waals surface area contributed by atoms with Gasteiger partial charge in [-0.25, -0.2) is 4.98 Å². The second-order valence-electron chi connectivity index (χ2n) is 6.98. The topological polar surface area (TPSA) is 33.1 Å². The summed E-state index contributed by atoms with van der Waals surface area (Å²) >= 11 is 0. The van der Waals surface area contributed by atoms with E-state index in [4.69, 9.17) is 4.98 Å². The molecule has 3 rings (SSSR count). The molecule has 1 saturated heterocycles. The first-order valence-electron chi connectivity index (χ1n) is 8.71. The van der Waals surface area contributed by atoms with Crippen LogP contribution >= 0.6 is 0 Å². The second kappa shape index (κ2) is 6.49. The number of fused-ring (bicyclic) bond motifs is 1. The average Bonchev–Trinajstić information content (AvgIpc) is 3.04. The summed E-state index contributed by atoms with van der Waals surface area (Å²) in [5, 5.41) is 3.46. The summed E-state index contributed by atoms with van der Waals surface area (Å²) in [4.78, 5) is 7.61. The molecule has 0 saturated carbocycles. The van der Waals surface area contributed by atoms with E-state index >= 15 is 0 Å². The molecule has 21 heavy (non-hydrogen) atoms. The lowest BCUT2D eigenvalue weighted by Gasteiger charge is -2.26. The lowest BCUT2D eigenvalue weighted by atomic mass is 10.1. The molecule has 4 nitrogen and oxygen atoms in total. The fourth-order valence-electron chi connectivity index (χ4n) is 3.89. The van der Waals surface area contributed by atoms with Gasteiger partial charge < -0.3 is 9.88 Å². The van der Waals surface area contributed by atoms with Gasteiger partial charge in [0.15, 0.2) is 0 Å². The molecule has 0 aromatic carbocycles. The van der Waals surface area contributed by atoms with Gasteiger partial charge in [0.25, 0.3) is 0 Å². The van der Waals surface area contributed by atoms with Crippen LogP contribution in [-0.2, 0) is 25.9 Å². The summed E-state index contributed by atoms with van der Waals surface area (Å²) in [6.45, 7) is 12.5. The largest absolute Gasteiger partial charge is 0.330 e. The number of likely N-dealkylation sites (N-methyl/N-ethyl adjacent to an activating group) is 1. The Morgan fingerprint density at radius 1 is 1.38 bits per heavy atom. The molecule has 0 aliphatic carbocycles. The van der Waals surface area contributed by atoms with E-state index in [-0.39, 0.29) is 0 Å². The van der Waals surface area contributed by atoms with Crippen LogP contribution in [0.25, 0.3) is 0 Å². The van der Waals surface area contributed by atoms with E-state index in [1.54, 1.807) is 0 Å². The smallest absolute Gasteiger partial charge is 0.109 e. The number of rotatable bonds is 5. The molecule has 0 spiro atoms. The zero-order valence-corrected chi connectivity index (χ0v) is 13.9. The minimum Gasteiger partial charge on any atom is -0.330 e. The van der Waals surface area contributed by atoms with Gasteiger partial charge in [-0.1, -0.05) is 20.8 Å². The van der Waals surface area contributed by atoms with Crippen molar-refractivity contribution in [3.8, 4) is 0 Å². The van der Waals surface area contributed by atoms with Crippen molar-refractivity contribution in [1.29, 1.82) is 0 Å². The first-order valence-corrected chi connectivity index (χ1v) is 8.71. The van der Waals surface area contributed by atoms with E-state index in [9.17, 15) is 0 Å². The molecule has 4 heteroatoms. The summed E-state index contributed by atoms with van der Waals surface area (Å²) in [6, 6.07) is 0.717. The Hall–Kier alpha value is -0.870.